The number of hydrogen-bond donors (Lipinski definition) is 2. The van der Waals surface area contributed by atoms with Crippen LogP contribution in [0.25, 0.3) is 0 Å². The summed E-state index contributed by atoms with van der Waals surface area (Å²) in [6.07, 6.45) is 10.6. The maximum Gasteiger partial charge on any atom is 0.290 e. The van der Waals surface area contributed by atoms with Crippen LogP contribution in [0.15, 0.2) is 42.9 Å². The van der Waals surface area contributed by atoms with Gasteiger partial charge in [0, 0.05) is 30.9 Å². The number of rotatable bonds is 4. The highest BCUT2D eigenvalue weighted by atomic mass is 19.1. The summed E-state index contributed by atoms with van der Waals surface area (Å²) in [5.74, 6) is -0.294. The Hall–Kier alpha value is -3.36. The molecular formula is C24H29FN4O4. The van der Waals surface area contributed by atoms with E-state index in [4.69, 9.17) is 9.90 Å². The number of hydrogen-bond acceptors (Lipinski definition) is 5. The zero-order chi connectivity index (χ0) is 23.6. The molecule has 33 heavy (non-hydrogen) atoms. The minimum absolute atomic E-state index is 0.0179. The Labute approximate surface area is 192 Å². The molecule has 0 radical (unpaired) electrons. The molecule has 2 heterocycles. The molecule has 2 amide bonds. The van der Waals surface area contributed by atoms with Crippen molar-refractivity contribution in [2.75, 3.05) is 6.54 Å². The van der Waals surface area contributed by atoms with E-state index in [1.165, 1.54) is 30.7 Å². The number of benzene rings is 1. The largest absolute Gasteiger partial charge is 0.483 e. The van der Waals surface area contributed by atoms with Crippen LogP contribution in [0.5, 0.6) is 0 Å². The van der Waals surface area contributed by atoms with Gasteiger partial charge in [0.2, 0.25) is 5.91 Å². The molecule has 8 nitrogen and oxygen atoms in total. The van der Waals surface area contributed by atoms with Gasteiger partial charge in [0.25, 0.3) is 12.4 Å². The van der Waals surface area contributed by atoms with Crippen LogP contribution in [0, 0.1) is 11.7 Å². The van der Waals surface area contributed by atoms with E-state index in [-0.39, 0.29) is 42.1 Å². The Balaban J connectivity index is 0.000000968. The molecule has 0 bridgehead atoms. The lowest BCUT2D eigenvalue weighted by Crippen LogP contribution is -2.45. The van der Waals surface area contributed by atoms with Gasteiger partial charge in [-0.1, -0.05) is 12.1 Å². The second-order valence-corrected chi connectivity index (χ2v) is 8.31. The number of carbonyl (C=O) groups is 3. The van der Waals surface area contributed by atoms with E-state index in [1.54, 1.807) is 12.1 Å². The number of amides is 2. The molecule has 1 aromatic carbocycles. The summed E-state index contributed by atoms with van der Waals surface area (Å²) in [7, 11) is 0. The van der Waals surface area contributed by atoms with Crippen LogP contribution < -0.4 is 5.32 Å². The van der Waals surface area contributed by atoms with Gasteiger partial charge in [-0.15, -0.1) is 0 Å². The van der Waals surface area contributed by atoms with Gasteiger partial charge in [0.15, 0.2) is 0 Å². The number of carboxylic acid groups (broad SMARTS) is 1. The van der Waals surface area contributed by atoms with Gasteiger partial charge in [-0.3, -0.25) is 19.4 Å². The fourth-order valence-electron chi connectivity index (χ4n) is 4.62. The topological polar surface area (TPSA) is 112 Å². The second-order valence-electron chi connectivity index (χ2n) is 8.31. The third-order valence-electron chi connectivity index (χ3n) is 6.25. The lowest BCUT2D eigenvalue weighted by molar-refractivity contribution is -0.140. The lowest BCUT2D eigenvalue weighted by atomic mass is 9.83. The lowest BCUT2D eigenvalue weighted by Gasteiger charge is -2.39. The number of likely N-dealkylation sites (tertiary alicyclic amines) is 1. The van der Waals surface area contributed by atoms with E-state index < -0.39 is 0 Å². The van der Waals surface area contributed by atoms with Crippen molar-refractivity contribution in [1.29, 1.82) is 0 Å². The van der Waals surface area contributed by atoms with Crippen molar-refractivity contribution in [1.82, 2.24) is 20.2 Å². The van der Waals surface area contributed by atoms with Crippen molar-refractivity contribution in [2.24, 2.45) is 5.92 Å². The molecule has 1 aliphatic carbocycles. The zero-order valence-electron chi connectivity index (χ0n) is 18.4. The van der Waals surface area contributed by atoms with E-state index in [9.17, 15) is 14.0 Å². The van der Waals surface area contributed by atoms with Gasteiger partial charge in [-0.05, 0) is 62.6 Å². The number of nitrogens with zero attached hydrogens (tertiary/aromatic N) is 3. The van der Waals surface area contributed by atoms with Crippen LogP contribution in [0.3, 0.4) is 0 Å². The third kappa shape index (κ3) is 6.57. The average Bonchev–Trinajstić information content (AvgIpc) is 2.85. The van der Waals surface area contributed by atoms with Crippen LogP contribution in [0.2, 0.25) is 0 Å². The predicted octanol–water partition coefficient (Wildman–Crippen LogP) is 3.36. The van der Waals surface area contributed by atoms with Crippen molar-refractivity contribution in [3.05, 3.63) is 59.9 Å². The summed E-state index contributed by atoms with van der Waals surface area (Å²) in [6, 6.07) is 6.61. The van der Waals surface area contributed by atoms with Crippen molar-refractivity contribution in [2.45, 2.75) is 57.0 Å². The molecule has 1 atom stereocenters. The van der Waals surface area contributed by atoms with Crippen LogP contribution >= 0.6 is 0 Å². The van der Waals surface area contributed by atoms with Gasteiger partial charge in [0.1, 0.15) is 11.5 Å². The summed E-state index contributed by atoms with van der Waals surface area (Å²) >= 11 is 0. The molecule has 2 aromatic rings. The smallest absolute Gasteiger partial charge is 0.290 e. The Morgan fingerprint density at radius 1 is 1.06 bits per heavy atom. The maximum atomic E-state index is 13.3. The Bertz CT molecular complexity index is 918. The molecule has 2 fully saturated rings. The van der Waals surface area contributed by atoms with E-state index in [0.717, 1.165) is 57.1 Å². The summed E-state index contributed by atoms with van der Waals surface area (Å²) in [5.41, 5.74) is 1.32. The van der Waals surface area contributed by atoms with Gasteiger partial charge >= 0.3 is 0 Å². The third-order valence-corrected chi connectivity index (χ3v) is 6.25. The summed E-state index contributed by atoms with van der Waals surface area (Å²) in [4.78, 5) is 43.9. The van der Waals surface area contributed by atoms with Gasteiger partial charge in [0.05, 0.1) is 12.2 Å². The summed E-state index contributed by atoms with van der Waals surface area (Å²) < 4.78 is 13.3. The highest BCUT2D eigenvalue weighted by molar-refractivity contribution is 5.92. The first-order chi connectivity index (χ1) is 16.0. The molecule has 2 aliphatic rings. The number of aromatic nitrogens is 2. The van der Waals surface area contributed by atoms with Crippen molar-refractivity contribution in [3.63, 3.8) is 0 Å². The number of halogens is 1. The summed E-state index contributed by atoms with van der Waals surface area (Å²) in [5, 5.41) is 9.90. The minimum atomic E-state index is -0.255. The molecule has 0 spiro atoms. The zero-order valence-corrected chi connectivity index (χ0v) is 18.4. The van der Waals surface area contributed by atoms with E-state index in [0.29, 0.717) is 5.69 Å². The van der Waals surface area contributed by atoms with Crippen molar-refractivity contribution >= 4 is 18.3 Å². The van der Waals surface area contributed by atoms with E-state index in [1.807, 2.05) is 4.90 Å². The van der Waals surface area contributed by atoms with E-state index in [2.05, 4.69) is 15.3 Å². The van der Waals surface area contributed by atoms with Crippen LogP contribution in [-0.4, -0.2) is 50.8 Å². The highest BCUT2D eigenvalue weighted by Gasteiger charge is 2.34. The normalized spacial score (nSPS) is 22.5. The Morgan fingerprint density at radius 2 is 1.76 bits per heavy atom. The van der Waals surface area contributed by atoms with Crippen LogP contribution in [0.4, 0.5) is 4.39 Å². The first-order valence-electron chi connectivity index (χ1n) is 11.2. The number of carbonyl (C=O) groups excluding carboxylic acids is 2. The van der Waals surface area contributed by atoms with Gasteiger partial charge < -0.3 is 15.3 Å². The Morgan fingerprint density at radius 3 is 2.39 bits per heavy atom. The molecule has 4 rings (SSSR count). The fraction of sp³-hybridized carbons (Fsp3) is 0.458. The van der Waals surface area contributed by atoms with E-state index >= 15 is 0 Å². The van der Waals surface area contributed by atoms with Gasteiger partial charge in [-0.2, -0.15) is 0 Å². The van der Waals surface area contributed by atoms with Crippen molar-refractivity contribution in [3.8, 4) is 0 Å². The van der Waals surface area contributed by atoms with Crippen molar-refractivity contribution < 1.29 is 23.9 Å². The second kappa shape index (κ2) is 12.0. The molecule has 2 N–H and O–H groups in total. The molecule has 176 valence electrons. The average molecular weight is 457 g/mol. The standard InChI is InChI=1S/C23H27FN4O2.CH2O2/c24-18-8-4-16(5-9-18)21-3-1-2-14-28(21)23(30)17-6-10-19(11-7-17)27-22(29)20-15-25-12-13-26-20;2-1-3/h4-5,8-9,12-13,15,17,19,21H,1-3,6-7,10-11,14H2,(H,27,29);1H,(H,2,3). The maximum absolute atomic E-state index is 13.3. The molecule has 1 saturated heterocycles. The van der Waals surface area contributed by atoms with Crippen LogP contribution in [-0.2, 0) is 9.59 Å². The number of nitrogens with one attached hydrogen (secondary N) is 1. The van der Waals surface area contributed by atoms with Crippen LogP contribution in [0.1, 0.15) is 67.0 Å². The number of piperidine rings is 1. The molecule has 9 heteroatoms. The molecule has 1 aliphatic heterocycles. The van der Waals surface area contributed by atoms with Gasteiger partial charge in [-0.25, -0.2) is 9.37 Å². The predicted molar refractivity (Wildman–Crippen MR) is 119 cm³/mol. The molecule has 1 aromatic heterocycles. The summed E-state index contributed by atoms with van der Waals surface area (Å²) in [6.45, 7) is 0.504. The quantitative estimate of drug-likeness (QED) is 0.683. The monoisotopic (exact) mass is 456 g/mol. The first-order valence-corrected chi connectivity index (χ1v) is 11.2. The fourth-order valence-corrected chi connectivity index (χ4v) is 4.62. The molecule has 1 saturated carbocycles. The first kappa shape index (κ1) is 24.3. The molecule has 1 unspecified atom stereocenters. The highest BCUT2D eigenvalue weighted by Crippen LogP contribution is 2.35. The molecular weight excluding hydrogens is 427 g/mol. The SMILES string of the molecule is O=C(NC1CCC(C(=O)N2CCCCC2c2ccc(F)cc2)CC1)c1cnccn1.O=CO. The Kier molecular flexibility index (Phi) is 8.86. The minimum Gasteiger partial charge on any atom is -0.483 e.